The topological polar surface area (TPSA) is 59.1 Å². The second kappa shape index (κ2) is 9.68. The fourth-order valence-electron chi connectivity index (χ4n) is 5.54. The predicted octanol–water partition coefficient (Wildman–Crippen LogP) is 4.79. The molecule has 3 aliphatic rings. The number of carbonyl (C=O) groups is 2. The van der Waals surface area contributed by atoms with Gasteiger partial charge in [-0.2, -0.15) is 0 Å². The van der Waals surface area contributed by atoms with E-state index in [1.54, 1.807) is 0 Å². The number of rotatable bonds is 5. The van der Waals surface area contributed by atoms with Crippen LogP contribution in [0.1, 0.15) is 66.1 Å². The lowest BCUT2D eigenvalue weighted by molar-refractivity contribution is -0.188. The summed E-state index contributed by atoms with van der Waals surface area (Å²) in [6.45, 7) is 5.06. The molecule has 0 N–H and O–H groups in total. The van der Waals surface area contributed by atoms with Gasteiger partial charge in [0.1, 0.15) is 0 Å². The molecule has 2 saturated heterocycles. The van der Waals surface area contributed by atoms with Crippen LogP contribution in [0.15, 0.2) is 48.5 Å². The van der Waals surface area contributed by atoms with Crippen molar-refractivity contribution in [1.82, 2.24) is 9.80 Å². The molecule has 5 rings (SSSR count). The van der Waals surface area contributed by atoms with E-state index >= 15 is 0 Å². The van der Waals surface area contributed by atoms with Crippen LogP contribution < -0.4 is 0 Å². The number of unbranched alkanes of at least 4 members (excludes halogenated alkanes) is 1. The Morgan fingerprint density at radius 3 is 2.53 bits per heavy atom. The molecule has 0 radical (unpaired) electrons. The van der Waals surface area contributed by atoms with Crippen LogP contribution in [-0.2, 0) is 14.3 Å². The van der Waals surface area contributed by atoms with Crippen molar-refractivity contribution < 1.29 is 19.1 Å². The average Bonchev–Trinajstić information content (AvgIpc) is 3.31. The van der Waals surface area contributed by atoms with E-state index in [9.17, 15) is 9.59 Å². The van der Waals surface area contributed by atoms with Gasteiger partial charge in [0.15, 0.2) is 5.79 Å². The van der Waals surface area contributed by atoms with Crippen molar-refractivity contribution in [1.29, 1.82) is 0 Å². The number of halogens is 1. The van der Waals surface area contributed by atoms with Gasteiger partial charge in [0.25, 0.3) is 5.91 Å². The van der Waals surface area contributed by atoms with Gasteiger partial charge in [-0.05, 0) is 35.7 Å². The lowest BCUT2D eigenvalue weighted by Gasteiger charge is -2.45. The summed E-state index contributed by atoms with van der Waals surface area (Å²) in [6.07, 6.45) is 3.15. The first-order chi connectivity index (χ1) is 16.5. The second-order valence-electron chi connectivity index (χ2n) is 9.35. The summed E-state index contributed by atoms with van der Waals surface area (Å²) in [5, 5.41) is 0.598. The molecule has 3 aliphatic heterocycles. The Labute approximate surface area is 205 Å². The molecule has 0 bridgehead atoms. The SMILES string of the molecule is CCCCN1C(=O)c2ccccc2C(C(=O)N2CCC3(CC2)OCCO3)C1c1cccc(Cl)c1. The van der Waals surface area contributed by atoms with Crippen LogP contribution in [0.25, 0.3) is 0 Å². The summed E-state index contributed by atoms with van der Waals surface area (Å²) in [6, 6.07) is 14.7. The number of carbonyl (C=O) groups excluding carboxylic acids is 2. The van der Waals surface area contributed by atoms with Crippen molar-refractivity contribution in [3.8, 4) is 0 Å². The standard InChI is InChI=1S/C27H31ClN2O4/c1-2-3-13-30-24(19-7-6-8-20(28)18-19)23(21-9-4-5-10-22(21)25(30)31)26(32)29-14-11-27(12-15-29)33-16-17-34-27/h4-10,18,23-24H,2-3,11-17H2,1H3. The maximum atomic E-state index is 14.2. The highest BCUT2D eigenvalue weighted by Crippen LogP contribution is 2.45. The fourth-order valence-corrected chi connectivity index (χ4v) is 5.74. The van der Waals surface area contributed by atoms with Gasteiger partial charge < -0.3 is 19.3 Å². The molecule has 2 unspecified atom stereocenters. The minimum absolute atomic E-state index is 0.0246. The van der Waals surface area contributed by atoms with Gasteiger partial charge in [0.05, 0.1) is 25.2 Å². The third kappa shape index (κ3) is 4.23. The smallest absolute Gasteiger partial charge is 0.254 e. The van der Waals surface area contributed by atoms with E-state index in [0.29, 0.717) is 56.3 Å². The van der Waals surface area contributed by atoms with Crippen LogP contribution in [-0.4, -0.2) is 60.2 Å². The van der Waals surface area contributed by atoms with Gasteiger partial charge in [-0.15, -0.1) is 0 Å². The number of nitrogens with zero attached hydrogens (tertiary/aromatic N) is 2. The highest BCUT2D eigenvalue weighted by molar-refractivity contribution is 6.30. The Morgan fingerprint density at radius 1 is 1.09 bits per heavy atom. The molecule has 0 aromatic heterocycles. The summed E-state index contributed by atoms with van der Waals surface area (Å²) in [7, 11) is 0. The van der Waals surface area contributed by atoms with Gasteiger partial charge in [-0.3, -0.25) is 9.59 Å². The minimum atomic E-state index is -0.545. The van der Waals surface area contributed by atoms with E-state index in [0.717, 1.165) is 24.0 Å². The monoisotopic (exact) mass is 482 g/mol. The Bertz CT molecular complexity index is 1060. The van der Waals surface area contributed by atoms with E-state index in [4.69, 9.17) is 21.1 Å². The van der Waals surface area contributed by atoms with Crippen LogP contribution >= 0.6 is 11.6 Å². The molecule has 6 nitrogen and oxygen atoms in total. The maximum absolute atomic E-state index is 14.2. The molecule has 0 aliphatic carbocycles. The molecule has 2 amide bonds. The van der Waals surface area contributed by atoms with Gasteiger partial charge in [-0.25, -0.2) is 0 Å². The molecule has 2 atom stereocenters. The molecular weight excluding hydrogens is 452 g/mol. The van der Waals surface area contributed by atoms with Crippen LogP contribution in [0, 0.1) is 0 Å². The number of likely N-dealkylation sites (tertiary alicyclic amines) is 1. The fraction of sp³-hybridized carbons (Fsp3) is 0.481. The van der Waals surface area contributed by atoms with Crippen molar-refractivity contribution in [2.75, 3.05) is 32.8 Å². The van der Waals surface area contributed by atoms with E-state index in [1.807, 2.05) is 58.3 Å². The van der Waals surface area contributed by atoms with Crippen LogP contribution in [0.5, 0.6) is 0 Å². The highest BCUT2D eigenvalue weighted by Gasteiger charge is 2.47. The van der Waals surface area contributed by atoms with Crippen LogP contribution in [0.4, 0.5) is 0 Å². The number of benzene rings is 2. The first-order valence-corrected chi connectivity index (χ1v) is 12.6. The van der Waals surface area contributed by atoms with Gasteiger partial charge >= 0.3 is 0 Å². The Balaban J connectivity index is 1.54. The van der Waals surface area contributed by atoms with Crippen molar-refractivity contribution in [2.24, 2.45) is 0 Å². The Morgan fingerprint density at radius 2 is 1.82 bits per heavy atom. The molecule has 0 saturated carbocycles. The first kappa shape index (κ1) is 23.3. The third-order valence-corrected chi connectivity index (χ3v) is 7.53. The number of hydrogen-bond donors (Lipinski definition) is 0. The Hall–Kier alpha value is -2.41. The largest absolute Gasteiger partial charge is 0.347 e. The average molecular weight is 483 g/mol. The number of fused-ring (bicyclic) bond motifs is 1. The number of ether oxygens (including phenoxy) is 2. The lowest BCUT2D eigenvalue weighted by atomic mass is 9.78. The summed E-state index contributed by atoms with van der Waals surface area (Å²) in [5.74, 6) is -1.03. The molecule has 2 fully saturated rings. The van der Waals surface area contributed by atoms with E-state index < -0.39 is 17.7 Å². The zero-order valence-corrected chi connectivity index (χ0v) is 20.3. The van der Waals surface area contributed by atoms with Gasteiger partial charge in [0.2, 0.25) is 5.91 Å². The molecule has 1 spiro atoms. The lowest BCUT2D eigenvalue weighted by Crippen LogP contribution is -2.52. The van der Waals surface area contributed by atoms with E-state index in [-0.39, 0.29) is 11.8 Å². The molecular formula is C27H31ClN2O4. The summed E-state index contributed by atoms with van der Waals surface area (Å²) < 4.78 is 11.7. The van der Waals surface area contributed by atoms with Crippen molar-refractivity contribution in [3.05, 3.63) is 70.2 Å². The third-order valence-electron chi connectivity index (χ3n) is 7.30. The minimum Gasteiger partial charge on any atom is -0.347 e. The summed E-state index contributed by atoms with van der Waals surface area (Å²) >= 11 is 6.37. The highest BCUT2D eigenvalue weighted by atomic mass is 35.5. The summed E-state index contributed by atoms with van der Waals surface area (Å²) in [4.78, 5) is 31.6. The van der Waals surface area contributed by atoms with Gasteiger partial charge in [-0.1, -0.05) is 55.3 Å². The second-order valence-corrected chi connectivity index (χ2v) is 9.79. The normalized spacial score (nSPS) is 23.9. The molecule has 3 heterocycles. The number of hydrogen-bond acceptors (Lipinski definition) is 4. The van der Waals surface area contributed by atoms with Crippen LogP contribution in [0.2, 0.25) is 5.02 Å². The van der Waals surface area contributed by atoms with E-state index in [2.05, 4.69) is 6.92 Å². The van der Waals surface area contributed by atoms with Crippen molar-refractivity contribution >= 4 is 23.4 Å². The van der Waals surface area contributed by atoms with Crippen molar-refractivity contribution in [2.45, 2.75) is 50.4 Å². The number of amides is 2. The first-order valence-electron chi connectivity index (χ1n) is 12.2. The zero-order chi connectivity index (χ0) is 23.7. The predicted molar refractivity (Wildman–Crippen MR) is 130 cm³/mol. The van der Waals surface area contributed by atoms with Gasteiger partial charge in [0, 0.05) is 43.1 Å². The maximum Gasteiger partial charge on any atom is 0.254 e. The molecule has 2 aromatic rings. The number of piperidine rings is 1. The molecule has 2 aromatic carbocycles. The van der Waals surface area contributed by atoms with Crippen molar-refractivity contribution in [3.63, 3.8) is 0 Å². The molecule has 7 heteroatoms. The quantitative estimate of drug-likeness (QED) is 0.615. The molecule has 180 valence electrons. The van der Waals surface area contributed by atoms with Crippen LogP contribution in [0.3, 0.4) is 0 Å². The Kier molecular flexibility index (Phi) is 6.65. The summed E-state index contributed by atoms with van der Waals surface area (Å²) in [5.41, 5.74) is 2.30. The van der Waals surface area contributed by atoms with E-state index in [1.165, 1.54) is 0 Å². The molecule has 34 heavy (non-hydrogen) atoms. The zero-order valence-electron chi connectivity index (χ0n) is 19.5.